The molecule has 1 spiro atoms. The number of likely N-dealkylation sites (N-methyl/N-ethyl adjacent to an activating group) is 1. The standard InChI is InChI=1S/C23H33N5O3/c1-24-11-12-27-20(18-24)21(29)28(17-19-5-3-2-4-6-19)23(27)7-9-25(10-8-23)22(30)26-13-15-31-16-14-26/h2-6,20H,7-18H2,1H3/t20-/m1/s1. The summed E-state index contributed by atoms with van der Waals surface area (Å²) in [5.74, 6) is 0.239. The summed E-state index contributed by atoms with van der Waals surface area (Å²) < 4.78 is 5.40. The van der Waals surface area contributed by atoms with Crippen LogP contribution in [0.2, 0.25) is 0 Å². The van der Waals surface area contributed by atoms with Crippen LogP contribution >= 0.6 is 0 Å². The summed E-state index contributed by atoms with van der Waals surface area (Å²) in [6, 6.07) is 10.3. The maximum atomic E-state index is 13.6. The van der Waals surface area contributed by atoms with Crippen LogP contribution in [0, 0.1) is 0 Å². The molecule has 4 saturated heterocycles. The second-order valence-electron chi connectivity index (χ2n) is 9.23. The van der Waals surface area contributed by atoms with Crippen LogP contribution in [0.25, 0.3) is 0 Å². The lowest BCUT2D eigenvalue weighted by Crippen LogP contribution is -2.64. The van der Waals surface area contributed by atoms with Gasteiger partial charge in [0.15, 0.2) is 0 Å². The zero-order chi connectivity index (χ0) is 21.4. The Morgan fingerprint density at radius 2 is 1.68 bits per heavy atom. The van der Waals surface area contributed by atoms with Crippen molar-refractivity contribution in [3.8, 4) is 0 Å². The first-order valence-electron chi connectivity index (χ1n) is 11.5. The third kappa shape index (κ3) is 3.70. The predicted molar refractivity (Wildman–Crippen MR) is 116 cm³/mol. The van der Waals surface area contributed by atoms with Crippen LogP contribution in [-0.2, 0) is 16.1 Å². The largest absolute Gasteiger partial charge is 0.378 e. The van der Waals surface area contributed by atoms with Gasteiger partial charge >= 0.3 is 6.03 Å². The number of carbonyl (C=O) groups is 2. The molecule has 4 heterocycles. The monoisotopic (exact) mass is 427 g/mol. The molecule has 0 radical (unpaired) electrons. The molecule has 8 nitrogen and oxygen atoms in total. The Balaban J connectivity index is 1.37. The van der Waals surface area contributed by atoms with Gasteiger partial charge in [-0.15, -0.1) is 0 Å². The molecule has 31 heavy (non-hydrogen) atoms. The molecule has 0 saturated carbocycles. The summed E-state index contributed by atoms with van der Waals surface area (Å²) in [6.45, 7) is 7.23. The fraction of sp³-hybridized carbons (Fsp3) is 0.652. The molecule has 3 amide bonds. The zero-order valence-corrected chi connectivity index (χ0v) is 18.4. The molecule has 0 aliphatic carbocycles. The Morgan fingerprint density at radius 3 is 2.39 bits per heavy atom. The molecule has 4 fully saturated rings. The number of piperazine rings is 1. The number of urea groups is 1. The zero-order valence-electron chi connectivity index (χ0n) is 18.4. The van der Waals surface area contributed by atoms with Crippen LogP contribution in [0.1, 0.15) is 18.4 Å². The van der Waals surface area contributed by atoms with E-state index in [1.165, 1.54) is 0 Å². The third-order valence-corrected chi connectivity index (χ3v) is 7.47. The second kappa shape index (κ2) is 8.41. The molecule has 4 aliphatic rings. The lowest BCUT2D eigenvalue weighted by Gasteiger charge is -2.51. The lowest BCUT2D eigenvalue weighted by atomic mass is 9.93. The molecule has 4 aliphatic heterocycles. The highest BCUT2D eigenvalue weighted by atomic mass is 16.5. The van der Waals surface area contributed by atoms with E-state index < -0.39 is 0 Å². The minimum Gasteiger partial charge on any atom is -0.378 e. The summed E-state index contributed by atoms with van der Waals surface area (Å²) in [5, 5.41) is 0. The van der Waals surface area contributed by atoms with Gasteiger partial charge in [0, 0.05) is 65.2 Å². The number of amides is 3. The normalized spacial score (nSPS) is 27.1. The average Bonchev–Trinajstić information content (AvgIpc) is 3.02. The number of carbonyl (C=O) groups excluding carboxylic acids is 2. The molecule has 0 aromatic heterocycles. The molecule has 1 aromatic carbocycles. The maximum absolute atomic E-state index is 13.6. The van der Waals surface area contributed by atoms with Gasteiger partial charge in [0.25, 0.3) is 0 Å². The summed E-state index contributed by atoms with van der Waals surface area (Å²) in [5.41, 5.74) is 0.871. The first-order chi connectivity index (χ1) is 15.1. The number of nitrogens with zero attached hydrogens (tertiary/aromatic N) is 5. The Morgan fingerprint density at radius 1 is 1.00 bits per heavy atom. The Kier molecular flexibility index (Phi) is 5.62. The van der Waals surface area contributed by atoms with E-state index in [2.05, 4.69) is 33.9 Å². The third-order valence-electron chi connectivity index (χ3n) is 7.47. The molecular formula is C23H33N5O3. The van der Waals surface area contributed by atoms with E-state index in [9.17, 15) is 9.59 Å². The molecule has 0 bridgehead atoms. The highest BCUT2D eigenvalue weighted by molar-refractivity contribution is 5.86. The molecular weight excluding hydrogens is 394 g/mol. The molecule has 5 rings (SSSR count). The van der Waals surface area contributed by atoms with Gasteiger partial charge in [-0.25, -0.2) is 4.79 Å². The van der Waals surface area contributed by atoms with Crippen molar-refractivity contribution in [3.63, 3.8) is 0 Å². The topological polar surface area (TPSA) is 59.6 Å². The van der Waals surface area contributed by atoms with Gasteiger partial charge in [-0.3, -0.25) is 9.69 Å². The van der Waals surface area contributed by atoms with Crippen LogP contribution in [0.4, 0.5) is 4.79 Å². The quantitative estimate of drug-likeness (QED) is 0.702. The van der Waals surface area contributed by atoms with Crippen LogP contribution in [-0.4, -0.2) is 114 Å². The number of likely N-dealkylation sites (tertiary alicyclic amines) is 1. The lowest BCUT2D eigenvalue weighted by molar-refractivity contribution is -0.134. The van der Waals surface area contributed by atoms with Gasteiger partial charge in [0.2, 0.25) is 5.91 Å². The SMILES string of the molecule is CN1CCN2[C@H](C1)C(=O)N(Cc1ccccc1)C21CCN(C(=O)N2CCOCC2)CC1. The van der Waals surface area contributed by atoms with E-state index >= 15 is 0 Å². The smallest absolute Gasteiger partial charge is 0.320 e. The molecule has 168 valence electrons. The maximum Gasteiger partial charge on any atom is 0.320 e. The first kappa shape index (κ1) is 20.7. The van der Waals surface area contributed by atoms with Crippen LogP contribution in [0.15, 0.2) is 30.3 Å². The van der Waals surface area contributed by atoms with Crippen molar-refractivity contribution in [2.24, 2.45) is 0 Å². The van der Waals surface area contributed by atoms with E-state index in [1.807, 2.05) is 28.0 Å². The van der Waals surface area contributed by atoms with E-state index in [-0.39, 0.29) is 23.6 Å². The Labute approximate surface area is 184 Å². The summed E-state index contributed by atoms with van der Waals surface area (Å²) in [4.78, 5) is 37.3. The predicted octanol–water partition coefficient (Wildman–Crippen LogP) is 0.889. The van der Waals surface area contributed by atoms with Crippen molar-refractivity contribution in [1.29, 1.82) is 0 Å². The van der Waals surface area contributed by atoms with Crippen molar-refractivity contribution in [2.45, 2.75) is 31.1 Å². The summed E-state index contributed by atoms with van der Waals surface area (Å²) in [6.07, 6.45) is 1.61. The van der Waals surface area contributed by atoms with E-state index in [1.54, 1.807) is 0 Å². The first-order valence-corrected chi connectivity index (χ1v) is 11.5. The fourth-order valence-corrected chi connectivity index (χ4v) is 5.73. The average molecular weight is 428 g/mol. The van der Waals surface area contributed by atoms with Crippen LogP contribution in [0.5, 0.6) is 0 Å². The van der Waals surface area contributed by atoms with Crippen LogP contribution < -0.4 is 0 Å². The van der Waals surface area contributed by atoms with Gasteiger partial charge in [-0.05, 0) is 12.6 Å². The number of piperidine rings is 1. The second-order valence-corrected chi connectivity index (χ2v) is 9.23. The van der Waals surface area contributed by atoms with Crippen molar-refractivity contribution >= 4 is 11.9 Å². The Hall–Kier alpha value is -2.16. The highest BCUT2D eigenvalue weighted by Crippen LogP contribution is 2.42. The van der Waals surface area contributed by atoms with Crippen molar-refractivity contribution in [1.82, 2.24) is 24.5 Å². The molecule has 0 N–H and O–H groups in total. The van der Waals surface area contributed by atoms with Gasteiger partial charge in [0.1, 0.15) is 11.7 Å². The minimum absolute atomic E-state index is 0.0797. The summed E-state index contributed by atoms with van der Waals surface area (Å²) in [7, 11) is 2.10. The van der Waals surface area contributed by atoms with E-state index in [0.717, 1.165) is 38.0 Å². The van der Waals surface area contributed by atoms with Gasteiger partial charge in [-0.2, -0.15) is 0 Å². The number of benzene rings is 1. The number of ether oxygens (including phenoxy) is 1. The molecule has 1 aromatic rings. The van der Waals surface area contributed by atoms with Crippen molar-refractivity contribution in [2.75, 3.05) is 66.1 Å². The molecule has 8 heteroatoms. The van der Waals surface area contributed by atoms with Gasteiger partial charge in [0.05, 0.1) is 13.2 Å². The van der Waals surface area contributed by atoms with Gasteiger partial charge < -0.3 is 24.3 Å². The number of morpholine rings is 1. The number of rotatable bonds is 2. The van der Waals surface area contributed by atoms with Crippen LogP contribution in [0.3, 0.4) is 0 Å². The number of hydrogen-bond acceptors (Lipinski definition) is 5. The van der Waals surface area contributed by atoms with E-state index in [4.69, 9.17) is 4.74 Å². The number of fused-ring (bicyclic) bond motifs is 2. The van der Waals surface area contributed by atoms with E-state index in [0.29, 0.717) is 45.9 Å². The molecule has 0 unspecified atom stereocenters. The Bertz CT molecular complexity index is 805. The highest BCUT2D eigenvalue weighted by Gasteiger charge is 2.58. The van der Waals surface area contributed by atoms with Gasteiger partial charge in [-0.1, -0.05) is 30.3 Å². The minimum atomic E-state index is -0.291. The molecule has 1 atom stereocenters. The van der Waals surface area contributed by atoms with Crippen molar-refractivity contribution < 1.29 is 14.3 Å². The number of hydrogen-bond donors (Lipinski definition) is 0. The van der Waals surface area contributed by atoms with Crippen molar-refractivity contribution in [3.05, 3.63) is 35.9 Å². The fourth-order valence-electron chi connectivity index (χ4n) is 5.73. The summed E-state index contributed by atoms with van der Waals surface area (Å²) >= 11 is 0.